The predicted molar refractivity (Wildman–Crippen MR) is 98.7 cm³/mol. The van der Waals surface area contributed by atoms with E-state index in [0.717, 1.165) is 0 Å². The third-order valence-electron chi connectivity index (χ3n) is 3.16. The van der Waals surface area contributed by atoms with Crippen LogP contribution in [0, 0.1) is 0 Å². The molecule has 0 rings (SSSR count). The van der Waals surface area contributed by atoms with Gasteiger partial charge in [-0.15, -0.1) is 0 Å². The van der Waals surface area contributed by atoms with E-state index >= 15 is 0 Å². The smallest absolute Gasteiger partial charge is 0.0533 e. The molecule has 0 aliphatic carbocycles. The molecule has 0 heteroatoms. The molecular weight excluding hydrogens is 240 g/mol. The number of unbranched alkanes of at least 4 members (excludes halogenated alkanes) is 11. The van der Waals surface area contributed by atoms with Gasteiger partial charge in [-0.2, -0.15) is 0 Å². The Bertz CT molecular complexity index is 94.6. The lowest BCUT2D eigenvalue weighted by molar-refractivity contribution is 0.585. The first kappa shape index (κ1) is 25.0. The molecule has 0 nitrogen and oxygen atoms in total. The highest BCUT2D eigenvalue weighted by Crippen LogP contribution is 2.07. The van der Waals surface area contributed by atoms with Gasteiger partial charge < -0.3 is 0 Å². The minimum Gasteiger partial charge on any atom is -0.0656 e. The SMILES string of the molecule is CCC.CCCCCCC.CCCCCCCCCC. The van der Waals surface area contributed by atoms with Crippen LogP contribution in [0.1, 0.15) is 131 Å². The van der Waals surface area contributed by atoms with Gasteiger partial charge in [-0.1, -0.05) is 131 Å². The summed E-state index contributed by atoms with van der Waals surface area (Å²) in [6.45, 7) is 13.3. The summed E-state index contributed by atoms with van der Waals surface area (Å²) in [4.78, 5) is 0. The molecule has 0 saturated heterocycles. The fraction of sp³-hybridized carbons (Fsp3) is 1.00. The zero-order valence-electron chi connectivity index (χ0n) is 15.9. The standard InChI is InChI=1S/C10H22.C7H16.C3H8/c1-3-5-7-9-10-8-6-4-2;1-3-5-7-6-4-2;1-3-2/h3-10H2,1-2H3;3-7H2,1-2H3;3H2,1-2H3. The summed E-state index contributed by atoms with van der Waals surface area (Å²) < 4.78 is 0. The molecule has 0 bridgehead atoms. The van der Waals surface area contributed by atoms with Gasteiger partial charge in [0, 0.05) is 0 Å². The molecule has 0 N–H and O–H groups in total. The van der Waals surface area contributed by atoms with E-state index in [0.29, 0.717) is 0 Å². The van der Waals surface area contributed by atoms with Crippen LogP contribution in [0.15, 0.2) is 0 Å². The van der Waals surface area contributed by atoms with Gasteiger partial charge in [-0.05, 0) is 0 Å². The van der Waals surface area contributed by atoms with Crippen LogP contribution in [-0.2, 0) is 0 Å². The second-order valence-electron chi connectivity index (χ2n) is 5.89. The second kappa shape index (κ2) is 31.4. The van der Waals surface area contributed by atoms with Gasteiger partial charge in [0.15, 0.2) is 0 Å². The minimum absolute atomic E-state index is 1.25. The Hall–Kier alpha value is 0. The molecule has 0 spiro atoms. The summed E-state index contributed by atoms with van der Waals surface area (Å²) in [7, 11) is 0. The van der Waals surface area contributed by atoms with E-state index in [9.17, 15) is 0 Å². The van der Waals surface area contributed by atoms with Gasteiger partial charge in [0.2, 0.25) is 0 Å². The Labute approximate surface area is 132 Å². The van der Waals surface area contributed by atoms with Crippen LogP contribution >= 0.6 is 0 Å². The Balaban J connectivity index is -0.000000251. The van der Waals surface area contributed by atoms with E-state index in [-0.39, 0.29) is 0 Å². The summed E-state index contributed by atoms with van der Waals surface area (Å²) in [6, 6.07) is 0. The van der Waals surface area contributed by atoms with E-state index in [1.54, 1.807) is 0 Å². The zero-order valence-corrected chi connectivity index (χ0v) is 15.9. The number of hydrogen-bond acceptors (Lipinski definition) is 0. The maximum atomic E-state index is 2.27. The lowest BCUT2D eigenvalue weighted by atomic mass is 10.1. The van der Waals surface area contributed by atoms with Gasteiger partial charge in [0.1, 0.15) is 0 Å². The predicted octanol–water partition coefficient (Wildman–Crippen LogP) is 8.54. The van der Waals surface area contributed by atoms with Crippen molar-refractivity contribution in [3.05, 3.63) is 0 Å². The topological polar surface area (TPSA) is 0 Å². The summed E-state index contributed by atoms with van der Waals surface area (Å²) in [6.07, 6.45) is 19.7. The molecule has 0 atom stereocenters. The Morgan fingerprint density at radius 3 is 0.650 bits per heavy atom. The first-order valence-electron chi connectivity index (χ1n) is 9.74. The van der Waals surface area contributed by atoms with Crippen molar-refractivity contribution in [2.45, 2.75) is 131 Å². The van der Waals surface area contributed by atoms with Crippen LogP contribution in [0.5, 0.6) is 0 Å². The third kappa shape index (κ3) is 43.0. The van der Waals surface area contributed by atoms with Crippen LogP contribution in [0.2, 0.25) is 0 Å². The lowest BCUT2D eigenvalue weighted by Crippen LogP contribution is -1.77. The maximum absolute atomic E-state index is 2.27. The molecule has 126 valence electrons. The Kier molecular flexibility index (Phi) is 39.2. The maximum Gasteiger partial charge on any atom is -0.0533 e. The van der Waals surface area contributed by atoms with Crippen molar-refractivity contribution >= 4 is 0 Å². The third-order valence-corrected chi connectivity index (χ3v) is 3.16. The largest absolute Gasteiger partial charge is 0.0656 e. The molecule has 0 aromatic carbocycles. The van der Waals surface area contributed by atoms with Crippen LogP contribution in [0.3, 0.4) is 0 Å². The monoisotopic (exact) mass is 286 g/mol. The van der Waals surface area contributed by atoms with E-state index in [4.69, 9.17) is 0 Å². The highest BCUT2D eigenvalue weighted by Gasteiger charge is 1.87. The van der Waals surface area contributed by atoms with Crippen molar-refractivity contribution in [3.8, 4) is 0 Å². The minimum atomic E-state index is 1.25. The molecule has 0 aliphatic heterocycles. The fourth-order valence-corrected chi connectivity index (χ4v) is 1.88. The highest BCUT2D eigenvalue weighted by atomic mass is 13.9. The molecule has 0 fully saturated rings. The van der Waals surface area contributed by atoms with E-state index in [2.05, 4.69) is 41.5 Å². The van der Waals surface area contributed by atoms with Gasteiger partial charge in [0.05, 0.1) is 0 Å². The first-order valence-corrected chi connectivity index (χ1v) is 9.74. The van der Waals surface area contributed by atoms with Crippen molar-refractivity contribution in [1.82, 2.24) is 0 Å². The zero-order chi connectivity index (χ0) is 15.9. The van der Waals surface area contributed by atoms with Crippen LogP contribution < -0.4 is 0 Å². The Morgan fingerprint density at radius 2 is 0.450 bits per heavy atom. The summed E-state index contributed by atoms with van der Waals surface area (Å²) in [5, 5.41) is 0. The molecule has 0 aliphatic rings. The molecule has 0 amide bonds. The van der Waals surface area contributed by atoms with Gasteiger partial charge in [-0.25, -0.2) is 0 Å². The summed E-state index contributed by atoms with van der Waals surface area (Å²) in [5.41, 5.74) is 0. The second-order valence-corrected chi connectivity index (χ2v) is 5.89. The molecular formula is C20H46. The molecule has 0 aromatic heterocycles. The van der Waals surface area contributed by atoms with Gasteiger partial charge in [-0.3, -0.25) is 0 Å². The highest BCUT2D eigenvalue weighted by molar-refractivity contribution is 4.43. The number of rotatable bonds is 11. The van der Waals surface area contributed by atoms with Crippen molar-refractivity contribution < 1.29 is 0 Å². The molecule has 0 saturated carbocycles. The van der Waals surface area contributed by atoms with Crippen molar-refractivity contribution in [1.29, 1.82) is 0 Å². The van der Waals surface area contributed by atoms with Gasteiger partial charge in [0.25, 0.3) is 0 Å². The first-order chi connectivity index (χ1) is 9.74. The van der Waals surface area contributed by atoms with E-state index in [1.807, 2.05) is 0 Å². The van der Waals surface area contributed by atoms with Gasteiger partial charge >= 0.3 is 0 Å². The molecule has 0 unspecified atom stereocenters. The average Bonchev–Trinajstić information content (AvgIpc) is 2.45. The van der Waals surface area contributed by atoms with Crippen molar-refractivity contribution in [2.24, 2.45) is 0 Å². The fourth-order valence-electron chi connectivity index (χ4n) is 1.88. The van der Waals surface area contributed by atoms with Crippen molar-refractivity contribution in [3.63, 3.8) is 0 Å². The van der Waals surface area contributed by atoms with E-state index in [1.165, 1.54) is 89.9 Å². The Morgan fingerprint density at radius 1 is 0.300 bits per heavy atom. The molecule has 0 heterocycles. The normalized spacial score (nSPS) is 9.30. The van der Waals surface area contributed by atoms with E-state index < -0.39 is 0 Å². The molecule has 0 aromatic rings. The average molecular weight is 287 g/mol. The molecule has 20 heavy (non-hydrogen) atoms. The summed E-state index contributed by atoms with van der Waals surface area (Å²) in [5.74, 6) is 0. The summed E-state index contributed by atoms with van der Waals surface area (Å²) >= 11 is 0. The number of hydrogen-bond donors (Lipinski definition) is 0. The van der Waals surface area contributed by atoms with Crippen LogP contribution in [0.25, 0.3) is 0 Å². The van der Waals surface area contributed by atoms with Crippen LogP contribution in [0.4, 0.5) is 0 Å². The van der Waals surface area contributed by atoms with Crippen LogP contribution in [-0.4, -0.2) is 0 Å². The quantitative estimate of drug-likeness (QED) is 0.334. The lowest BCUT2D eigenvalue weighted by Gasteiger charge is -1.97. The van der Waals surface area contributed by atoms with Crippen molar-refractivity contribution in [2.75, 3.05) is 0 Å². The molecule has 0 radical (unpaired) electrons.